The van der Waals surface area contributed by atoms with E-state index in [4.69, 9.17) is 4.74 Å². The third-order valence-electron chi connectivity index (χ3n) is 8.70. The molecule has 0 saturated carbocycles. The third-order valence-corrected chi connectivity index (χ3v) is 8.70. The van der Waals surface area contributed by atoms with Gasteiger partial charge in [-0.25, -0.2) is 0 Å². The zero-order chi connectivity index (χ0) is 27.8. The Bertz CT molecular complexity index is 1160. The number of carbonyl (C=O) groups is 3. The Morgan fingerprint density at radius 3 is 2.67 bits per heavy atom. The molecule has 2 aromatic rings. The predicted molar refractivity (Wildman–Crippen MR) is 151 cm³/mol. The van der Waals surface area contributed by atoms with Gasteiger partial charge in [-0.2, -0.15) is 5.10 Å². The largest absolute Gasteiger partial charge is 0.381 e. The first kappa shape index (κ1) is 28.1. The molecule has 0 radical (unpaired) electrons. The standard InChI is InChI=1S/C31H41N5O4/c37-28(11-6-17-36-18-7-16-32-36)35-19-12-26-25(23-35)10-4-5-13-31(14-20-40-21-15-31)30(39)34-27(29(38)33-26)22-24-8-2-1-3-9-24/h1-5,7-9,16,18,25-27H,6,10-15,17,19-23H2,(H,33,38)(H,34,39)/b5-4+/t25-,26+,27-/m1/s1. The molecule has 0 unspecified atom stereocenters. The predicted octanol–water partition coefficient (Wildman–Crippen LogP) is 2.87. The number of nitrogens with zero attached hydrogens (tertiary/aromatic N) is 3. The number of allylic oxidation sites excluding steroid dienone is 2. The molecule has 0 bridgehead atoms. The highest BCUT2D eigenvalue weighted by Gasteiger charge is 2.41. The van der Waals surface area contributed by atoms with Gasteiger partial charge in [0.1, 0.15) is 6.04 Å². The van der Waals surface area contributed by atoms with Gasteiger partial charge in [0, 0.05) is 70.0 Å². The zero-order valence-electron chi connectivity index (χ0n) is 23.2. The van der Waals surface area contributed by atoms with Gasteiger partial charge < -0.3 is 20.3 Å². The zero-order valence-corrected chi connectivity index (χ0v) is 23.2. The van der Waals surface area contributed by atoms with E-state index in [1.165, 1.54) is 0 Å². The molecule has 9 heteroatoms. The van der Waals surface area contributed by atoms with Gasteiger partial charge >= 0.3 is 0 Å². The van der Waals surface area contributed by atoms with Gasteiger partial charge in [0.15, 0.2) is 0 Å². The number of rotatable bonds is 6. The van der Waals surface area contributed by atoms with Crippen LogP contribution in [0.4, 0.5) is 0 Å². The number of nitrogens with one attached hydrogen (secondary N) is 2. The van der Waals surface area contributed by atoms with Crippen LogP contribution in [0.15, 0.2) is 60.9 Å². The Hall–Kier alpha value is -3.46. The van der Waals surface area contributed by atoms with Crippen LogP contribution in [0.2, 0.25) is 0 Å². The lowest BCUT2D eigenvalue weighted by molar-refractivity contribution is -0.140. The molecular weight excluding hydrogens is 506 g/mol. The maximum atomic E-state index is 13.7. The van der Waals surface area contributed by atoms with Crippen LogP contribution >= 0.6 is 0 Å². The van der Waals surface area contributed by atoms with Gasteiger partial charge in [0.05, 0.1) is 5.41 Å². The molecule has 1 aromatic carbocycles. The minimum Gasteiger partial charge on any atom is -0.381 e. The number of hydrogen-bond acceptors (Lipinski definition) is 5. The summed E-state index contributed by atoms with van der Waals surface area (Å²) in [4.78, 5) is 42.4. The Labute approximate surface area is 236 Å². The van der Waals surface area contributed by atoms with Crippen LogP contribution in [-0.2, 0) is 32.1 Å². The van der Waals surface area contributed by atoms with E-state index >= 15 is 0 Å². The molecule has 0 aliphatic carbocycles. The maximum Gasteiger partial charge on any atom is 0.243 e. The molecule has 40 heavy (non-hydrogen) atoms. The fourth-order valence-electron chi connectivity index (χ4n) is 6.19. The van der Waals surface area contributed by atoms with E-state index in [1.54, 1.807) is 6.20 Å². The monoisotopic (exact) mass is 547 g/mol. The topological polar surface area (TPSA) is 106 Å². The molecule has 4 heterocycles. The summed E-state index contributed by atoms with van der Waals surface area (Å²) in [5.41, 5.74) is 0.425. The molecule has 2 saturated heterocycles. The number of carbonyl (C=O) groups excluding carboxylic acids is 3. The van der Waals surface area contributed by atoms with Crippen molar-refractivity contribution in [2.45, 2.75) is 70.0 Å². The molecule has 3 atom stereocenters. The normalized spacial score (nSPS) is 26.1. The second kappa shape index (κ2) is 13.3. The quantitative estimate of drug-likeness (QED) is 0.541. The molecule has 1 spiro atoms. The van der Waals surface area contributed by atoms with Crippen LogP contribution in [0.1, 0.15) is 50.5 Å². The first-order chi connectivity index (χ1) is 19.5. The summed E-state index contributed by atoms with van der Waals surface area (Å²) in [6.07, 6.45) is 12.9. The fraction of sp³-hybridized carbons (Fsp3) is 0.548. The molecule has 9 nitrogen and oxygen atoms in total. The van der Waals surface area contributed by atoms with E-state index < -0.39 is 11.5 Å². The highest BCUT2D eigenvalue weighted by Crippen LogP contribution is 2.36. The van der Waals surface area contributed by atoms with E-state index in [9.17, 15) is 14.4 Å². The van der Waals surface area contributed by atoms with E-state index in [-0.39, 0.29) is 29.7 Å². The molecule has 214 valence electrons. The van der Waals surface area contributed by atoms with Gasteiger partial charge in [-0.15, -0.1) is 0 Å². The van der Waals surface area contributed by atoms with Crippen LogP contribution in [0.25, 0.3) is 0 Å². The number of fused-ring (bicyclic) bond motifs is 1. The molecule has 3 aliphatic heterocycles. The van der Waals surface area contributed by atoms with E-state index in [1.807, 2.05) is 52.2 Å². The smallest absolute Gasteiger partial charge is 0.243 e. The Kier molecular flexibility index (Phi) is 9.31. The molecule has 2 fully saturated rings. The lowest BCUT2D eigenvalue weighted by Gasteiger charge is -2.40. The summed E-state index contributed by atoms with van der Waals surface area (Å²) < 4.78 is 7.44. The number of amides is 3. The lowest BCUT2D eigenvalue weighted by Crippen LogP contribution is -2.58. The minimum absolute atomic E-state index is 0.0584. The number of aromatic nitrogens is 2. The van der Waals surface area contributed by atoms with E-state index in [0.717, 1.165) is 24.9 Å². The van der Waals surface area contributed by atoms with Crippen molar-refractivity contribution in [3.8, 4) is 0 Å². The molecule has 3 aliphatic rings. The lowest BCUT2D eigenvalue weighted by atomic mass is 9.75. The van der Waals surface area contributed by atoms with Crippen molar-refractivity contribution in [2.75, 3.05) is 26.3 Å². The van der Waals surface area contributed by atoms with E-state index in [0.29, 0.717) is 64.8 Å². The fourth-order valence-corrected chi connectivity index (χ4v) is 6.19. The summed E-state index contributed by atoms with van der Waals surface area (Å²) in [7, 11) is 0. The highest BCUT2D eigenvalue weighted by atomic mass is 16.5. The Morgan fingerprint density at radius 1 is 1.07 bits per heavy atom. The summed E-state index contributed by atoms with van der Waals surface area (Å²) in [6, 6.07) is 11.0. The van der Waals surface area contributed by atoms with Crippen molar-refractivity contribution in [1.29, 1.82) is 0 Å². The average molecular weight is 548 g/mol. The maximum absolute atomic E-state index is 13.7. The van der Waals surface area contributed by atoms with Crippen molar-refractivity contribution in [2.24, 2.45) is 11.3 Å². The highest BCUT2D eigenvalue weighted by molar-refractivity contribution is 5.90. The number of hydrogen-bond donors (Lipinski definition) is 2. The van der Waals surface area contributed by atoms with E-state index in [2.05, 4.69) is 27.9 Å². The van der Waals surface area contributed by atoms with Crippen LogP contribution < -0.4 is 10.6 Å². The second-order valence-electron chi connectivity index (χ2n) is 11.4. The van der Waals surface area contributed by atoms with Crippen molar-refractivity contribution in [3.05, 3.63) is 66.5 Å². The van der Waals surface area contributed by atoms with Crippen LogP contribution in [0, 0.1) is 11.3 Å². The van der Waals surface area contributed by atoms with Crippen molar-refractivity contribution >= 4 is 17.7 Å². The number of aryl methyl sites for hydroxylation is 1. The molecule has 5 rings (SSSR count). The van der Waals surface area contributed by atoms with Gasteiger partial charge in [-0.1, -0.05) is 42.5 Å². The van der Waals surface area contributed by atoms with Crippen LogP contribution in [0.3, 0.4) is 0 Å². The van der Waals surface area contributed by atoms with Crippen LogP contribution in [-0.4, -0.2) is 70.8 Å². The van der Waals surface area contributed by atoms with Crippen molar-refractivity contribution in [3.63, 3.8) is 0 Å². The molecule has 3 amide bonds. The number of piperidine rings is 1. The van der Waals surface area contributed by atoms with Crippen LogP contribution in [0.5, 0.6) is 0 Å². The van der Waals surface area contributed by atoms with Gasteiger partial charge in [-0.3, -0.25) is 19.1 Å². The molecule has 1 aromatic heterocycles. The summed E-state index contributed by atoms with van der Waals surface area (Å²) in [6.45, 7) is 3.03. The third kappa shape index (κ3) is 6.99. The van der Waals surface area contributed by atoms with Crippen molar-refractivity contribution < 1.29 is 19.1 Å². The summed E-state index contributed by atoms with van der Waals surface area (Å²) in [5, 5.41) is 10.6. The Morgan fingerprint density at radius 2 is 1.90 bits per heavy atom. The minimum atomic E-state index is -0.666. The number of likely N-dealkylation sites (tertiary alicyclic amines) is 1. The van der Waals surface area contributed by atoms with Gasteiger partial charge in [0.25, 0.3) is 0 Å². The second-order valence-corrected chi connectivity index (χ2v) is 11.4. The van der Waals surface area contributed by atoms with Gasteiger partial charge in [-0.05, 0) is 50.2 Å². The molecule has 2 N–H and O–H groups in total. The first-order valence-electron chi connectivity index (χ1n) is 14.7. The average Bonchev–Trinajstić information content (AvgIpc) is 3.49. The first-order valence-corrected chi connectivity index (χ1v) is 14.7. The number of benzene rings is 1. The summed E-state index contributed by atoms with van der Waals surface area (Å²) >= 11 is 0. The molecular formula is C31H41N5O4. The Balaban J connectivity index is 1.30. The number of ether oxygens (including phenoxy) is 1. The van der Waals surface area contributed by atoms with Gasteiger partial charge in [0.2, 0.25) is 17.7 Å². The van der Waals surface area contributed by atoms with Crippen molar-refractivity contribution in [1.82, 2.24) is 25.3 Å². The summed E-state index contributed by atoms with van der Waals surface area (Å²) in [5.74, 6) is 0.0479. The SMILES string of the molecule is O=C1N[C@H]2CCN(C(=O)CCCn3cccn3)C[C@H]2C/C=C/CC2(CCOCC2)C(=O)N[C@@H]1Cc1ccccc1.